The largest absolute Gasteiger partial charge is 0.465 e. The number of nitrogens with zero attached hydrogens (tertiary/aromatic N) is 1. The van der Waals surface area contributed by atoms with Gasteiger partial charge in [0.25, 0.3) is 5.91 Å². The Balaban J connectivity index is 1.84. The van der Waals surface area contributed by atoms with Crippen molar-refractivity contribution in [1.29, 1.82) is 0 Å². The van der Waals surface area contributed by atoms with Gasteiger partial charge in [0.15, 0.2) is 0 Å². The Labute approximate surface area is 169 Å². The van der Waals surface area contributed by atoms with Crippen molar-refractivity contribution < 1.29 is 36.6 Å². The molecule has 0 bridgehead atoms. The normalized spacial score (nSPS) is 14.4. The molecule has 0 atom stereocenters. The van der Waals surface area contributed by atoms with Crippen LogP contribution in [0.2, 0.25) is 0 Å². The number of methoxy groups -OCH3 is 1. The Morgan fingerprint density at radius 1 is 1.07 bits per heavy atom. The highest BCUT2D eigenvalue weighted by molar-refractivity contribution is 6.05. The lowest BCUT2D eigenvalue weighted by Crippen LogP contribution is -2.36. The molecular formula is C20H18F4N2O4. The Morgan fingerprint density at radius 3 is 2.37 bits per heavy atom. The monoisotopic (exact) mass is 426 g/mol. The highest BCUT2D eigenvalue weighted by Crippen LogP contribution is 2.32. The van der Waals surface area contributed by atoms with Crippen molar-refractivity contribution in [1.82, 2.24) is 0 Å². The van der Waals surface area contributed by atoms with Crippen molar-refractivity contribution in [2.24, 2.45) is 0 Å². The SMILES string of the molecule is COC(=O)c1cc(NC(=O)c2ccc(N3CCOCC3)c(F)c2)cc(C(F)(F)F)c1. The maximum atomic E-state index is 14.5. The molecule has 0 unspecified atom stereocenters. The van der Waals surface area contributed by atoms with Gasteiger partial charge >= 0.3 is 12.1 Å². The van der Waals surface area contributed by atoms with E-state index in [-0.39, 0.29) is 16.8 Å². The summed E-state index contributed by atoms with van der Waals surface area (Å²) in [7, 11) is 1.03. The van der Waals surface area contributed by atoms with Crippen LogP contribution in [0.1, 0.15) is 26.3 Å². The summed E-state index contributed by atoms with van der Waals surface area (Å²) < 4.78 is 63.5. The minimum Gasteiger partial charge on any atom is -0.465 e. The number of ether oxygens (including phenoxy) is 2. The average Bonchev–Trinajstić information content (AvgIpc) is 2.72. The first kappa shape index (κ1) is 21.6. The number of morpholine rings is 1. The second kappa shape index (κ2) is 8.70. The first-order chi connectivity index (χ1) is 14.2. The molecule has 1 fully saturated rings. The van der Waals surface area contributed by atoms with Gasteiger partial charge in [-0.05, 0) is 36.4 Å². The summed E-state index contributed by atoms with van der Waals surface area (Å²) in [6.45, 7) is 1.92. The molecule has 2 aromatic rings. The molecule has 1 aliphatic rings. The van der Waals surface area contributed by atoms with Crippen molar-refractivity contribution in [2.45, 2.75) is 6.18 Å². The van der Waals surface area contributed by atoms with Gasteiger partial charge in [-0.25, -0.2) is 9.18 Å². The van der Waals surface area contributed by atoms with Gasteiger partial charge in [-0.3, -0.25) is 4.79 Å². The molecule has 6 nitrogen and oxygen atoms in total. The molecule has 1 saturated heterocycles. The van der Waals surface area contributed by atoms with E-state index in [4.69, 9.17) is 4.74 Å². The summed E-state index contributed by atoms with van der Waals surface area (Å²) in [5.41, 5.74) is -1.55. The van der Waals surface area contributed by atoms with Crippen LogP contribution in [0, 0.1) is 5.82 Å². The number of esters is 1. The number of hydrogen-bond donors (Lipinski definition) is 1. The molecule has 1 heterocycles. The van der Waals surface area contributed by atoms with Crippen LogP contribution < -0.4 is 10.2 Å². The van der Waals surface area contributed by atoms with Crippen LogP contribution in [0.5, 0.6) is 0 Å². The number of halogens is 4. The second-order valence-electron chi connectivity index (χ2n) is 6.51. The highest BCUT2D eigenvalue weighted by atomic mass is 19.4. The van der Waals surface area contributed by atoms with Crippen LogP contribution in [-0.2, 0) is 15.7 Å². The summed E-state index contributed by atoms with van der Waals surface area (Å²) in [4.78, 5) is 25.9. The van der Waals surface area contributed by atoms with E-state index in [0.717, 1.165) is 19.2 Å². The molecule has 1 aliphatic heterocycles. The van der Waals surface area contributed by atoms with Crippen molar-refractivity contribution in [3.05, 3.63) is 58.9 Å². The predicted octanol–water partition coefficient (Wildman–Crippen LogP) is 3.72. The minimum atomic E-state index is -4.74. The molecule has 1 N–H and O–H groups in total. The third-order valence-corrected chi connectivity index (χ3v) is 4.50. The Kier molecular flexibility index (Phi) is 6.25. The molecule has 0 aromatic heterocycles. The van der Waals surface area contributed by atoms with Gasteiger partial charge in [0.1, 0.15) is 5.82 Å². The van der Waals surface area contributed by atoms with Gasteiger partial charge in [0.2, 0.25) is 0 Å². The Bertz CT molecular complexity index is 956. The van der Waals surface area contributed by atoms with Crippen LogP contribution in [0.15, 0.2) is 36.4 Å². The van der Waals surface area contributed by atoms with Crippen molar-refractivity contribution in [3.8, 4) is 0 Å². The quantitative estimate of drug-likeness (QED) is 0.596. The van der Waals surface area contributed by atoms with Crippen LogP contribution in [0.3, 0.4) is 0 Å². The number of benzene rings is 2. The lowest BCUT2D eigenvalue weighted by Gasteiger charge is -2.29. The van der Waals surface area contributed by atoms with E-state index in [9.17, 15) is 27.2 Å². The molecule has 0 spiro atoms. The molecule has 160 valence electrons. The number of nitrogens with one attached hydrogen (secondary N) is 1. The van der Waals surface area contributed by atoms with Crippen LogP contribution in [0.25, 0.3) is 0 Å². The number of alkyl halides is 3. The van der Waals surface area contributed by atoms with Gasteiger partial charge in [0.05, 0.1) is 37.1 Å². The van der Waals surface area contributed by atoms with Crippen molar-refractivity contribution in [3.63, 3.8) is 0 Å². The molecule has 0 saturated carbocycles. The predicted molar refractivity (Wildman–Crippen MR) is 100 cm³/mol. The van der Waals surface area contributed by atoms with E-state index in [1.807, 2.05) is 0 Å². The lowest BCUT2D eigenvalue weighted by atomic mass is 10.1. The number of amides is 1. The van der Waals surface area contributed by atoms with E-state index in [0.29, 0.717) is 44.1 Å². The van der Waals surface area contributed by atoms with Crippen LogP contribution >= 0.6 is 0 Å². The zero-order chi connectivity index (χ0) is 21.9. The van der Waals surface area contributed by atoms with Crippen molar-refractivity contribution >= 4 is 23.3 Å². The van der Waals surface area contributed by atoms with Crippen LogP contribution in [-0.4, -0.2) is 45.3 Å². The fourth-order valence-corrected chi connectivity index (χ4v) is 3.01. The number of carbonyl (C=O) groups is 2. The lowest BCUT2D eigenvalue weighted by molar-refractivity contribution is -0.137. The number of carbonyl (C=O) groups excluding carboxylic acids is 2. The second-order valence-corrected chi connectivity index (χ2v) is 6.51. The molecular weight excluding hydrogens is 408 g/mol. The number of hydrogen-bond acceptors (Lipinski definition) is 5. The van der Waals surface area contributed by atoms with E-state index in [2.05, 4.69) is 10.1 Å². The molecule has 1 amide bonds. The zero-order valence-corrected chi connectivity index (χ0v) is 15.9. The first-order valence-corrected chi connectivity index (χ1v) is 8.93. The summed E-state index contributed by atoms with van der Waals surface area (Å²) in [5, 5.41) is 2.27. The van der Waals surface area contributed by atoms with Gasteiger partial charge in [-0.1, -0.05) is 0 Å². The summed E-state index contributed by atoms with van der Waals surface area (Å²) in [6.07, 6.45) is -4.74. The molecule has 0 radical (unpaired) electrons. The first-order valence-electron chi connectivity index (χ1n) is 8.93. The highest BCUT2D eigenvalue weighted by Gasteiger charge is 2.32. The standard InChI is InChI=1S/C20H18F4N2O4/c1-29-19(28)13-8-14(20(22,23)24)11-15(9-13)25-18(27)12-2-3-17(16(21)10-12)26-4-6-30-7-5-26/h2-3,8-11H,4-7H2,1H3,(H,25,27). The summed E-state index contributed by atoms with van der Waals surface area (Å²) in [6, 6.07) is 6.17. The number of rotatable bonds is 4. The fraction of sp³-hybridized carbons (Fsp3) is 0.300. The third kappa shape index (κ3) is 4.88. The molecule has 2 aromatic carbocycles. The zero-order valence-electron chi connectivity index (χ0n) is 15.9. The Morgan fingerprint density at radius 2 is 1.77 bits per heavy atom. The van der Waals surface area contributed by atoms with Gasteiger partial charge < -0.3 is 19.7 Å². The molecule has 0 aliphatic carbocycles. The number of anilines is 2. The molecule has 3 rings (SSSR count). The molecule has 10 heteroatoms. The summed E-state index contributed by atoms with van der Waals surface area (Å²) >= 11 is 0. The van der Waals surface area contributed by atoms with Crippen LogP contribution in [0.4, 0.5) is 28.9 Å². The van der Waals surface area contributed by atoms with Crippen molar-refractivity contribution in [2.75, 3.05) is 43.6 Å². The van der Waals surface area contributed by atoms with Gasteiger partial charge in [-0.15, -0.1) is 0 Å². The van der Waals surface area contributed by atoms with E-state index in [1.54, 1.807) is 4.90 Å². The van der Waals surface area contributed by atoms with E-state index >= 15 is 0 Å². The average molecular weight is 426 g/mol. The maximum absolute atomic E-state index is 14.5. The Hall–Kier alpha value is -3.14. The van der Waals surface area contributed by atoms with E-state index < -0.39 is 29.4 Å². The van der Waals surface area contributed by atoms with Gasteiger partial charge in [0, 0.05) is 24.3 Å². The third-order valence-electron chi connectivity index (χ3n) is 4.50. The fourth-order valence-electron chi connectivity index (χ4n) is 3.01. The summed E-state index contributed by atoms with van der Waals surface area (Å²) in [5.74, 6) is -2.45. The van der Waals surface area contributed by atoms with Gasteiger partial charge in [-0.2, -0.15) is 13.2 Å². The minimum absolute atomic E-state index is 0.0819. The maximum Gasteiger partial charge on any atom is 0.416 e. The molecule has 30 heavy (non-hydrogen) atoms. The van der Waals surface area contributed by atoms with E-state index in [1.165, 1.54) is 12.1 Å². The topological polar surface area (TPSA) is 67.9 Å². The smallest absolute Gasteiger partial charge is 0.416 e.